The van der Waals surface area contributed by atoms with Gasteiger partial charge in [-0.2, -0.15) is 4.42 Å². The van der Waals surface area contributed by atoms with E-state index in [0.29, 0.717) is 0 Å². The van der Waals surface area contributed by atoms with Crippen molar-refractivity contribution >= 4 is 21.6 Å². The number of halogens is 1. The molecule has 0 amide bonds. The number of hydrogen-bond acceptors (Lipinski definition) is 5. The lowest BCUT2D eigenvalue weighted by Crippen LogP contribution is -2.68. The van der Waals surface area contributed by atoms with Gasteiger partial charge in [0.15, 0.2) is 0 Å². The first-order chi connectivity index (χ1) is 8.07. The Balaban J connectivity index is 0.000000280. The van der Waals surface area contributed by atoms with Crippen molar-refractivity contribution in [3.8, 4) is 0 Å². The highest BCUT2D eigenvalue weighted by atomic mass is 35.7. The van der Waals surface area contributed by atoms with Crippen LogP contribution in [0.15, 0.2) is 28.7 Å². The van der Waals surface area contributed by atoms with Crippen molar-refractivity contribution in [3.05, 3.63) is 29.3 Å². The quantitative estimate of drug-likeness (QED) is 0.598. The summed E-state index contributed by atoms with van der Waals surface area (Å²) in [5.74, 6) is 0. The van der Waals surface area contributed by atoms with Crippen LogP contribution in [0, 0.1) is 10.2 Å². The summed E-state index contributed by atoms with van der Waals surface area (Å²) in [7, 11) is -4.94. The Morgan fingerprint density at radius 3 is 2.00 bits per heavy atom. The Bertz CT molecular complexity index is 473. The maximum Gasteiger partial charge on any atom is 0.391 e. The molecule has 2 rings (SSSR count). The fourth-order valence-corrected chi connectivity index (χ4v) is 2.14. The largest absolute Gasteiger partial charge is 0.391 e. The van der Waals surface area contributed by atoms with E-state index < -0.39 is 10.2 Å². The molecule has 0 N–H and O–H groups in total. The van der Waals surface area contributed by atoms with Gasteiger partial charge in [-0.25, -0.2) is 18.6 Å². The molecule has 0 saturated carbocycles. The number of benzene rings is 1. The van der Waals surface area contributed by atoms with Crippen LogP contribution in [0.2, 0.25) is 0 Å². The van der Waals surface area contributed by atoms with Crippen molar-refractivity contribution in [1.29, 1.82) is 0 Å². The van der Waals surface area contributed by atoms with Crippen LogP contribution in [0.4, 0.5) is 0 Å². The molecule has 0 aliphatic rings. The van der Waals surface area contributed by atoms with Crippen molar-refractivity contribution in [2.24, 2.45) is 0 Å². The standard InChI is InChI=1S/C11H13OS.ClHO4/c1-11(2,3)10-12-8-6-4-5-7-9(8)13-10;2-1(3,4)5/h4-7H,1-3H3;(H,2,3,4,5)/q+1;/p-1. The molecule has 0 unspecified atom stereocenters. The Morgan fingerprint density at radius 2 is 1.56 bits per heavy atom. The maximum atomic E-state index is 8.49. The number of rotatable bonds is 0. The van der Waals surface area contributed by atoms with Crippen LogP contribution in [0.3, 0.4) is 0 Å². The van der Waals surface area contributed by atoms with Crippen molar-refractivity contribution < 1.29 is 33.3 Å². The highest BCUT2D eigenvalue weighted by Crippen LogP contribution is 2.33. The van der Waals surface area contributed by atoms with E-state index in [-0.39, 0.29) is 5.41 Å². The molecule has 0 bridgehead atoms. The highest BCUT2D eigenvalue weighted by Gasteiger charge is 2.30. The molecule has 1 aromatic heterocycles. The average Bonchev–Trinajstić information content (AvgIpc) is 2.57. The average molecular weight is 293 g/mol. The minimum atomic E-state index is -4.94. The molecule has 0 atom stereocenters. The summed E-state index contributed by atoms with van der Waals surface area (Å²) in [6, 6.07) is 8.16. The SMILES string of the molecule is CC(C)(C)c1[o+]c2ccccc2s1.[O-][Cl+3]([O-])([O-])[O-]. The number of hydrogen-bond donors (Lipinski definition) is 0. The molecular weight excluding hydrogens is 280 g/mol. The van der Waals surface area contributed by atoms with Crippen LogP contribution >= 0.6 is 11.3 Å². The topological polar surface area (TPSA) is 104 Å². The fourth-order valence-electron chi connectivity index (χ4n) is 1.15. The van der Waals surface area contributed by atoms with E-state index in [1.54, 1.807) is 11.3 Å². The van der Waals surface area contributed by atoms with Gasteiger partial charge in [-0.05, 0) is 38.2 Å². The van der Waals surface area contributed by atoms with E-state index >= 15 is 0 Å². The van der Waals surface area contributed by atoms with Crippen molar-refractivity contribution in [3.63, 3.8) is 0 Å². The van der Waals surface area contributed by atoms with E-state index in [1.165, 1.54) is 4.70 Å². The Morgan fingerprint density at radius 1 is 1.06 bits per heavy atom. The molecule has 100 valence electrons. The van der Waals surface area contributed by atoms with Gasteiger partial charge < -0.3 is 0 Å². The normalized spacial score (nSPS) is 12.2. The first-order valence-corrected chi connectivity index (χ1v) is 7.06. The molecule has 0 aliphatic heterocycles. The van der Waals surface area contributed by atoms with E-state index in [9.17, 15) is 0 Å². The molecule has 1 heterocycles. The third-order valence-corrected chi connectivity index (χ3v) is 3.31. The van der Waals surface area contributed by atoms with Gasteiger partial charge in [-0.3, -0.25) is 0 Å². The maximum absolute atomic E-state index is 8.49. The molecule has 2 aromatic rings. The minimum absolute atomic E-state index is 0.115. The smallest absolute Gasteiger partial charge is 0.222 e. The van der Waals surface area contributed by atoms with Gasteiger partial charge in [0.25, 0.3) is 0 Å². The zero-order chi connectivity index (χ0) is 14.0. The van der Waals surface area contributed by atoms with Gasteiger partial charge in [0.2, 0.25) is 0 Å². The molecule has 0 spiro atoms. The molecule has 5 nitrogen and oxygen atoms in total. The van der Waals surface area contributed by atoms with Crippen LogP contribution in [0.25, 0.3) is 10.3 Å². The summed E-state index contributed by atoms with van der Waals surface area (Å²) in [5, 5.41) is 1.09. The molecule has 1 aromatic carbocycles. The second-order valence-corrected chi connectivity index (χ2v) is 6.34. The van der Waals surface area contributed by atoms with Crippen LogP contribution in [0.1, 0.15) is 25.8 Å². The van der Waals surface area contributed by atoms with Crippen molar-refractivity contribution in [1.82, 2.24) is 0 Å². The molecule has 7 heteroatoms. The van der Waals surface area contributed by atoms with E-state index in [1.807, 2.05) is 18.2 Å². The van der Waals surface area contributed by atoms with Gasteiger partial charge in [0.05, 0.1) is 5.41 Å². The lowest BCUT2D eigenvalue weighted by molar-refractivity contribution is -2.00. The Kier molecular flexibility index (Phi) is 4.66. The summed E-state index contributed by atoms with van der Waals surface area (Å²) in [4.78, 5) is 0. The second kappa shape index (κ2) is 5.48. The second-order valence-electron chi connectivity index (χ2n) is 4.57. The van der Waals surface area contributed by atoms with Crippen molar-refractivity contribution in [2.75, 3.05) is 0 Å². The van der Waals surface area contributed by atoms with Crippen LogP contribution < -0.4 is 18.6 Å². The molecule has 0 fully saturated rings. The summed E-state index contributed by atoms with van der Waals surface area (Å²) >= 11 is 1.74. The third kappa shape index (κ3) is 5.26. The predicted octanol–water partition coefficient (Wildman–Crippen LogP) is -0.683. The van der Waals surface area contributed by atoms with Gasteiger partial charge in [-0.1, -0.05) is 12.1 Å². The first-order valence-electron chi connectivity index (χ1n) is 5.01. The summed E-state index contributed by atoms with van der Waals surface area (Å²) in [6.07, 6.45) is 0. The number of para-hydroxylation sites is 1. The number of fused-ring (bicyclic) bond motifs is 1. The highest BCUT2D eigenvalue weighted by molar-refractivity contribution is 7.18. The van der Waals surface area contributed by atoms with Crippen molar-refractivity contribution in [2.45, 2.75) is 26.2 Å². The van der Waals surface area contributed by atoms with Gasteiger partial charge in [0, 0.05) is 6.07 Å². The molecule has 0 aliphatic carbocycles. The van der Waals surface area contributed by atoms with Crippen LogP contribution in [-0.2, 0) is 5.41 Å². The molecule has 0 saturated heterocycles. The molecule has 18 heavy (non-hydrogen) atoms. The van der Waals surface area contributed by atoms with E-state index in [2.05, 4.69) is 26.8 Å². The zero-order valence-corrected chi connectivity index (χ0v) is 11.7. The predicted molar refractivity (Wildman–Crippen MR) is 57.2 cm³/mol. The van der Waals surface area contributed by atoms with Gasteiger partial charge in [0.1, 0.15) is 4.70 Å². The zero-order valence-electron chi connectivity index (χ0n) is 10.1. The first kappa shape index (κ1) is 15.3. The fraction of sp³-hybridized carbons (Fsp3) is 0.364. The van der Waals surface area contributed by atoms with E-state index in [0.717, 1.165) is 10.7 Å². The monoisotopic (exact) mass is 292 g/mol. The van der Waals surface area contributed by atoms with Gasteiger partial charge in [-0.15, -0.1) is 10.2 Å². The van der Waals surface area contributed by atoms with Crippen LogP contribution in [-0.4, -0.2) is 0 Å². The minimum Gasteiger partial charge on any atom is -0.222 e. The van der Waals surface area contributed by atoms with E-state index in [4.69, 9.17) is 23.1 Å². The lowest BCUT2D eigenvalue weighted by atomic mass is 9.99. The van der Waals surface area contributed by atoms with Crippen LogP contribution in [0.5, 0.6) is 0 Å². The Hall–Kier alpha value is -0.760. The Labute approximate surface area is 111 Å². The summed E-state index contributed by atoms with van der Waals surface area (Å²) in [5.41, 5.74) is 1.11. The summed E-state index contributed by atoms with van der Waals surface area (Å²) < 4.78 is 41.0. The van der Waals surface area contributed by atoms with Gasteiger partial charge >= 0.3 is 10.7 Å². The third-order valence-electron chi connectivity index (χ3n) is 1.87. The molecule has 0 radical (unpaired) electrons. The summed E-state index contributed by atoms with van der Waals surface area (Å²) in [6.45, 7) is 6.50. The molecular formula is C11H13ClO5S. The lowest BCUT2D eigenvalue weighted by Gasteiger charge is -2.17.